The van der Waals surface area contributed by atoms with Crippen LogP contribution in [0.25, 0.3) is 0 Å². The van der Waals surface area contributed by atoms with E-state index < -0.39 is 17.7 Å². The number of thioether (sulfide) groups is 1. The number of hydrogen-bond acceptors (Lipinski definition) is 7. The van der Waals surface area contributed by atoms with Gasteiger partial charge >= 0.3 is 12.1 Å². The largest absolute Gasteiger partial charge is 0.508 e. The number of likely N-dealkylation sites (tertiary alicyclic amines) is 1. The number of rotatable bonds is 5. The van der Waals surface area contributed by atoms with Gasteiger partial charge < -0.3 is 19.1 Å². The number of methoxy groups -OCH3 is 1. The molecular formula is C20H33NO6S. The third-order valence-corrected chi connectivity index (χ3v) is 5.00. The summed E-state index contributed by atoms with van der Waals surface area (Å²) in [5.74, 6) is -0.261. The number of esters is 1. The minimum atomic E-state index is -0.747. The van der Waals surface area contributed by atoms with Crippen molar-refractivity contribution in [3.8, 4) is 0 Å². The fourth-order valence-electron chi connectivity index (χ4n) is 2.67. The molecule has 1 atom stereocenters. The van der Waals surface area contributed by atoms with E-state index in [2.05, 4.69) is 4.74 Å². The Kier molecular flexibility index (Phi) is 8.85. The van der Waals surface area contributed by atoms with Crippen LogP contribution < -0.4 is 0 Å². The summed E-state index contributed by atoms with van der Waals surface area (Å²) < 4.78 is 14.8. The van der Waals surface area contributed by atoms with Gasteiger partial charge in [0, 0.05) is 30.8 Å². The van der Waals surface area contributed by atoms with E-state index in [0.717, 1.165) is 5.57 Å². The van der Waals surface area contributed by atoms with Crippen molar-refractivity contribution >= 4 is 29.8 Å². The second-order valence-corrected chi connectivity index (χ2v) is 10.1. The quantitative estimate of drug-likeness (QED) is 0.384. The molecule has 7 nitrogen and oxygen atoms in total. The molecule has 0 saturated carbocycles. The number of amides is 1. The van der Waals surface area contributed by atoms with Gasteiger partial charge in [-0.05, 0) is 38.2 Å². The minimum Gasteiger partial charge on any atom is -0.457 e. The van der Waals surface area contributed by atoms with E-state index in [9.17, 15) is 14.4 Å². The standard InChI is InChI=1S/C20H33NO6S/c1-19(2,3)11-16(22)21-9-8-15(28-13-26-18(24)25-7)14(12-21)10-17(23)27-20(4,5)6/h10,15H,8-9,11-13H2,1-7H3/b14-10+. The molecule has 1 saturated heterocycles. The van der Waals surface area contributed by atoms with Crippen molar-refractivity contribution in [3.63, 3.8) is 0 Å². The Bertz CT molecular complexity index is 603. The first-order valence-electron chi connectivity index (χ1n) is 9.34. The Hall–Kier alpha value is -1.70. The lowest BCUT2D eigenvalue weighted by atomic mass is 9.91. The van der Waals surface area contributed by atoms with Crippen molar-refractivity contribution in [2.45, 2.75) is 65.2 Å². The molecule has 0 aromatic rings. The highest BCUT2D eigenvalue weighted by molar-refractivity contribution is 7.99. The zero-order valence-corrected chi connectivity index (χ0v) is 18.8. The summed E-state index contributed by atoms with van der Waals surface area (Å²) in [4.78, 5) is 37.8. The maximum atomic E-state index is 12.6. The number of nitrogens with zero attached hydrogens (tertiary/aromatic N) is 1. The number of carbonyl (C=O) groups is 3. The first-order valence-corrected chi connectivity index (χ1v) is 10.4. The summed E-state index contributed by atoms with van der Waals surface area (Å²) in [6.07, 6.45) is 1.83. The van der Waals surface area contributed by atoms with Crippen molar-refractivity contribution in [2.24, 2.45) is 5.41 Å². The van der Waals surface area contributed by atoms with Crippen molar-refractivity contribution in [3.05, 3.63) is 11.6 Å². The molecule has 0 radical (unpaired) electrons. The van der Waals surface area contributed by atoms with Crippen LogP contribution >= 0.6 is 11.8 Å². The molecule has 1 fully saturated rings. The van der Waals surface area contributed by atoms with E-state index >= 15 is 0 Å². The van der Waals surface area contributed by atoms with Gasteiger partial charge in [0.15, 0.2) is 0 Å². The topological polar surface area (TPSA) is 82.1 Å². The molecular weight excluding hydrogens is 382 g/mol. The third-order valence-electron chi connectivity index (χ3n) is 3.81. The van der Waals surface area contributed by atoms with E-state index in [1.54, 1.807) is 25.7 Å². The van der Waals surface area contributed by atoms with Crippen LogP contribution in [0.4, 0.5) is 4.79 Å². The smallest absolute Gasteiger partial charge is 0.457 e. The van der Waals surface area contributed by atoms with Crippen LogP contribution in [-0.2, 0) is 23.8 Å². The molecule has 1 rings (SSSR count). The normalized spacial score (nSPS) is 19.3. The molecule has 28 heavy (non-hydrogen) atoms. The first-order chi connectivity index (χ1) is 12.8. The maximum absolute atomic E-state index is 12.6. The maximum Gasteiger partial charge on any atom is 0.508 e. The molecule has 0 N–H and O–H groups in total. The molecule has 1 unspecified atom stereocenters. The summed E-state index contributed by atoms with van der Waals surface area (Å²) in [5, 5.41) is -0.0455. The van der Waals surface area contributed by atoms with Gasteiger partial charge in [0.1, 0.15) is 11.5 Å². The van der Waals surface area contributed by atoms with Crippen LogP contribution in [0.5, 0.6) is 0 Å². The Balaban J connectivity index is 2.87. The highest BCUT2D eigenvalue weighted by Crippen LogP contribution is 2.30. The van der Waals surface area contributed by atoms with E-state index in [1.165, 1.54) is 24.9 Å². The number of ether oxygens (including phenoxy) is 3. The van der Waals surface area contributed by atoms with Gasteiger partial charge in [-0.2, -0.15) is 0 Å². The van der Waals surface area contributed by atoms with Gasteiger partial charge in [-0.15, -0.1) is 11.8 Å². The SMILES string of the molecule is COC(=O)OCSC1CCN(C(=O)CC(C)(C)C)C/C1=C\C(=O)OC(C)(C)C. The summed E-state index contributed by atoms with van der Waals surface area (Å²) >= 11 is 1.40. The van der Waals surface area contributed by atoms with E-state index in [1.807, 2.05) is 20.8 Å². The number of carbonyl (C=O) groups excluding carboxylic acids is 3. The Morgan fingerprint density at radius 2 is 1.82 bits per heavy atom. The van der Waals surface area contributed by atoms with Gasteiger partial charge in [-0.3, -0.25) is 4.79 Å². The van der Waals surface area contributed by atoms with Crippen molar-refractivity contribution < 1.29 is 28.6 Å². The van der Waals surface area contributed by atoms with E-state index in [-0.39, 0.29) is 22.5 Å². The molecule has 1 aliphatic heterocycles. The zero-order valence-electron chi connectivity index (χ0n) is 18.0. The molecule has 0 aliphatic carbocycles. The monoisotopic (exact) mass is 415 g/mol. The van der Waals surface area contributed by atoms with Crippen LogP contribution in [0.2, 0.25) is 0 Å². The second-order valence-electron chi connectivity index (χ2n) is 8.97. The molecule has 1 aliphatic rings. The molecule has 1 heterocycles. The number of piperidine rings is 1. The van der Waals surface area contributed by atoms with E-state index in [0.29, 0.717) is 25.9 Å². The average Bonchev–Trinajstić information content (AvgIpc) is 2.52. The lowest BCUT2D eigenvalue weighted by Crippen LogP contribution is -2.42. The molecule has 8 heteroatoms. The van der Waals surface area contributed by atoms with Gasteiger partial charge in [-0.25, -0.2) is 9.59 Å². The van der Waals surface area contributed by atoms with Gasteiger partial charge in [0.25, 0.3) is 0 Å². The third kappa shape index (κ3) is 9.48. The fraction of sp³-hybridized carbons (Fsp3) is 0.750. The zero-order chi connectivity index (χ0) is 21.5. The van der Waals surface area contributed by atoms with Gasteiger partial charge in [0.2, 0.25) is 5.91 Å². The summed E-state index contributed by atoms with van der Waals surface area (Å²) in [7, 11) is 1.25. The van der Waals surface area contributed by atoms with Gasteiger partial charge in [-0.1, -0.05) is 20.8 Å². The summed E-state index contributed by atoms with van der Waals surface area (Å²) in [6.45, 7) is 12.4. The second kappa shape index (κ2) is 10.2. The summed E-state index contributed by atoms with van der Waals surface area (Å²) in [6, 6.07) is 0. The Labute approximate surface area is 172 Å². The average molecular weight is 416 g/mol. The Morgan fingerprint density at radius 1 is 1.18 bits per heavy atom. The molecule has 0 aromatic heterocycles. The van der Waals surface area contributed by atoms with Crippen molar-refractivity contribution in [1.29, 1.82) is 0 Å². The predicted molar refractivity (Wildman–Crippen MR) is 109 cm³/mol. The molecule has 160 valence electrons. The van der Waals surface area contributed by atoms with E-state index in [4.69, 9.17) is 9.47 Å². The highest BCUT2D eigenvalue weighted by atomic mass is 32.2. The van der Waals surface area contributed by atoms with Crippen molar-refractivity contribution in [2.75, 3.05) is 26.1 Å². The summed E-state index contributed by atoms with van der Waals surface area (Å²) in [5.41, 5.74) is 0.0917. The van der Waals surface area contributed by atoms with Crippen LogP contribution in [0, 0.1) is 5.41 Å². The minimum absolute atomic E-state index is 0.0455. The van der Waals surface area contributed by atoms with Crippen LogP contribution in [0.1, 0.15) is 54.4 Å². The van der Waals surface area contributed by atoms with Gasteiger partial charge in [0.05, 0.1) is 7.11 Å². The fourth-order valence-corrected chi connectivity index (χ4v) is 3.63. The van der Waals surface area contributed by atoms with Crippen LogP contribution in [-0.4, -0.2) is 59.9 Å². The lowest BCUT2D eigenvalue weighted by Gasteiger charge is -2.35. The Morgan fingerprint density at radius 3 is 2.36 bits per heavy atom. The van der Waals surface area contributed by atoms with Crippen LogP contribution in [0.3, 0.4) is 0 Å². The van der Waals surface area contributed by atoms with Crippen LogP contribution in [0.15, 0.2) is 11.6 Å². The predicted octanol–water partition coefficient (Wildman–Crippen LogP) is 3.77. The molecule has 0 bridgehead atoms. The first kappa shape index (κ1) is 24.3. The van der Waals surface area contributed by atoms with Crippen molar-refractivity contribution in [1.82, 2.24) is 4.90 Å². The molecule has 0 spiro atoms. The highest BCUT2D eigenvalue weighted by Gasteiger charge is 2.30. The number of hydrogen-bond donors (Lipinski definition) is 0. The molecule has 1 amide bonds. The molecule has 0 aromatic carbocycles. The lowest BCUT2D eigenvalue weighted by molar-refractivity contribution is -0.148.